The number of carbonyl (C=O) groups excluding carboxylic acids is 1. The van der Waals surface area contributed by atoms with Crippen molar-refractivity contribution in [2.24, 2.45) is 5.92 Å². The van der Waals surface area contributed by atoms with E-state index >= 15 is 0 Å². The van der Waals surface area contributed by atoms with Crippen LogP contribution in [0.15, 0.2) is 30.3 Å². The minimum Gasteiger partial charge on any atom is -0.357 e. The molecule has 0 bridgehead atoms. The molecule has 0 spiro atoms. The average Bonchev–Trinajstić information content (AvgIpc) is 3.11. The van der Waals surface area contributed by atoms with Crippen molar-refractivity contribution in [1.82, 2.24) is 15.2 Å². The molecule has 1 aromatic carbocycles. The molecule has 1 aromatic heterocycles. The van der Waals surface area contributed by atoms with Gasteiger partial charge in [0.2, 0.25) is 5.91 Å². The van der Waals surface area contributed by atoms with Crippen molar-refractivity contribution in [3.8, 4) is 0 Å². The van der Waals surface area contributed by atoms with Crippen LogP contribution in [0.3, 0.4) is 0 Å². The van der Waals surface area contributed by atoms with E-state index < -0.39 is 0 Å². The molecule has 2 fully saturated rings. The number of nitrogens with one attached hydrogen (secondary N) is 2. The molecule has 2 aromatic rings. The van der Waals surface area contributed by atoms with Gasteiger partial charge in [-0.25, -0.2) is 0 Å². The number of likely N-dealkylation sites (tertiary alicyclic amines) is 1. The summed E-state index contributed by atoms with van der Waals surface area (Å²) in [5, 5.41) is 4.65. The van der Waals surface area contributed by atoms with Crippen LogP contribution in [0, 0.1) is 5.92 Å². The summed E-state index contributed by atoms with van der Waals surface area (Å²) in [6, 6.07) is 10.8. The summed E-state index contributed by atoms with van der Waals surface area (Å²) in [4.78, 5) is 18.6. The van der Waals surface area contributed by atoms with E-state index in [0.29, 0.717) is 12.3 Å². The third-order valence-corrected chi connectivity index (χ3v) is 5.96. The molecule has 1 unspecified atom stereocenters. The van der Waals surface area contributed by atoms with Crippen molar-refractivity contribution in [1.29, 1.82) is 0 Å². The quantitative estimate of drug-likeness (QED) is 0.884. The van der Waals surface area contributed by atoms with Gasteiger partial charge in [0.25, 0.3) is 0 Å². The molecule has 0 aliphatic carbocycles. The zero-order chi connectivity index (χ0) is 17.1. The Bertz CT molecular complexity index is 684. The molecule has 2 N–H and O–H groups in total. The predicted octanol–water partition coefficient (Wildman–Crippen LogP) is 4.00. The summed E-state index contributed by atoms with van der Waals surface area (Å²) in [5.41, 5.74) is 2.38. The molecule has 1 amide bonds. The van der Waals surface area contributed by atoms with Crippen LogP contribution >= 0.6 is 0 Å². The van der Waals surface area contributed by atoms with E-state index in [2.05, 4.69) is 45.5 Å². The topological polar surface area (TPSA) is 48.1 Å². The molecule has 0 saturated carbocycles. The molecule has 2 aliphatic heterocycles. The number of nitrogens with zero attached hydrogens (tertiary/aromatic N) is 1. The van der Waals surface area contributed by atoms with Crippen molar-refractivity contribution in [3.63, 3.8) is 0 Å². The summed E-state index contributed by atoms with van der Waals surface area (Å²) >= 11 is 0. The predicted molar refractivity (Wildman–Crippen MR) is 101 cm³/mol. The van der Waals surface area contributed by atoms with Gasteiger partial charge in [0.15, 0.2) is 0 Å². The van der Waals surface area contributed by atoms with Gasteiger partial charge in [-0.3, -0.25) is 4.79 Å². The molecule has 0 radical (unpaired) electrons. The lowest BCUT2D eigenvalue weighted by atomic mass is 9.92. The smallest absolute Gasteiger partial charge is 0.223 e. The first-order valence-electron chi connectivity index (χ1n) is 9.89. The molecule has 4 heteroatoms. The van der Waals surface area contributed by atoms with E-state index in [1.54, 1.807) is 0 Å². The summed E-state index contributed by atoms with van der Waals surface area (Å²) in [6.45, 7) is 3.13. The second-order valence-corrected chi connectivity index (χ2v) is 7.64. The SMILES string of the molecule is O=C(CCC1CCNCC1)N1CCCCC1c1cc2ccccc2[nH]1. The third kappa shape index (κ3) is 3.74. The highest BCUT2D eigenvalue weighted by Crippen LogP contribution is 2.33. The fourth-order valence-corrected chi connectivity index (χ4v) is 4.47. The van der Waals surface area contributed by atoms with E-state index in [1.807, 2.05) is 0 Å². The van der Waals surface area contributed by atoms with E-state index in [4.69, 9.17) is 0 Å². The van der Waals surface area contributed by atoms with Crippen LogP contribution in [-0.2, 0) is 4.79 Å². The number of piperidine rings is 2. The van der Waals surface area contributed by atoms with Crippen LogP contribution in [0.25, 0.3) is 10.9 Å². The number of fused-ring (bicyclic) bond motifs is 1. The Morgan fingerprint density at radius 3 is 2.80 bits per heavy atom. The molecule has 2 aliphatic rings. The van der Waals surface area contributed by atoms with Crippen LogP contribution < -0.4 is 5.32 Å². The molecule has 134 valence electrons. The first-order chi connectivity index (χ1) is 12.3. The first kappa shape index (κ1) is 16.6. The number of aromatic nitrogens is 1. The Morgan fingerprint density at radius 2 is 1.96 bits per heavy atom. The fraction of sp³-hybridized carbons (Fsp3) is 0.571. The van der Waals surface area contributed by atoms with Crippen molar-refractivity contribution >= 4 is 16.8 Å². The lowest BCUT2D eigenvalue weighted by Gasteiger charge is -2.36. The van der Waals surface area contributed by atoms with Crippen LogP contribution in [0.1, 0.15) is 56.7 Å². The number of H-pyrrole nitrogens is 1. The second-order valence-electron chi connectivity index (χ2n) is 7.64. The van der Waals surface area contributed by atoms with Crippen LogP contribution in [0.5, 0.6) is 0 Å². The van der Waals surface area contributed by atoms with Gasteiger partial charge in [-0.1, -0.05) is 18.2 Å². The Kier molecular flexibility index (Phi) is 5.07. The van der Waals surface area contributed by atoms with Gasteiger partial charge in [0.05, 0.1) is 6.04 Å². The number of aromatic amines is 1. The Labute approximate surface area is 150 Å². The highest BCUT2D eigenvalue weighted by Gasteiger charge is 2.29. The maximum absolute atomic E-state index is 12.9. The standard InChI is InChI=1S/C21H29N3O/c25-21(9-8-16-10-12-22-13-11-16)24-14-4-3-7-20(24)19-15-17-5-1-2-6-18(17)23-19/h1-2,5-6,15-16,20,22-23H,3-4,7-14H2. The zero-order valence-corrected chi connectivity index (χ0v) is 15.0. The second kappa shape index (κ2) is 7.61. The zero-order valence-electron chi connectivity index (χ0n) is 15.0. The minimum absolute atomic E-state index is 0.224. The first-order valence-corrected chi connectivity index (χ1v) is 9.89. The summed E-state index contributed by atoms with van der Waals surface area (Å²) in [7, 11) is 0. The highest BCUT2D eigenvalue weighted by molar-refractivity contribution is 5.81. The van der Waals surface area contributed by atoms with Crippen molar-refractivity contribution < 1.29 is 4.79 Å². The van der Waals surface area contributed by atoms with E-state index in [9.17, 15) is 4.79 Å². The molecule has 25 heavy (non-hydrogen) atoms. The maximum Gasteiger partial charge on any atom is 0.223 e. The molecular formula is C21H29N3O. The van der Waals surface area contributed by atoms with Gasteiger partial charge >= 0.3 is 0 Å². The van der Waals surface area contributed by atoms with Gasteiger partial charge in [0, 0.05) is 24.2 Å². The fourth-order valence-electron chi connectivity index (χ4n) is 4.47. The van der Waals surface area contributed by atoms with Crippen LogP contribution in [0.4, 0.5) is 0 Å². The molecule has 3 heterocycles. The number of hydrogen-bond donors (Lipinski definition) is 2. The highest BCUT2D eigenvalue weighted by atomic mass is 16.2. The third-order valence-electron chi connectivity index (χ3n) is 5.96. The molecular weight excluding hydrogens is 310 g/mol. The molecule has 1 atom stereocenters. The van der Waals surface area contributed by atoms with E-state index in [0.717, 1.165) is 44.8 Å². The normalized spacial score (nSPS) is 22.4. The number of para-hydroxylation sites is 1. The average molecular weight is 339 g/mol. The summed E-state index contributed by atoms with van der Waals surface area (Å²) in [6.07, 6.45) is 7.62. The van der Waals surface area contributed by atoms with Gasteiger partial charge in [-0.05, 0) is 75.1 Å². The largest absolute Gasteiger partial charge is 0.357 e. The summed E-state index contributed by atoms with van der Waals surface area (Å²) < 4.78 is 0. The van der Waals surface area contributed by atoms with E-state index in [-0.39, 0.29) is 6.04 Å². The Balaban J connectivity index is 1.45. The lowest BCUT2D eigenvalue weighted by molar-refractivity contribution is -0.135. The number of benzene rings is 1. The van der Waals surface area contributed by atoms with Crippen molar-refractivity contribution in [2.45, 2.75) is 51.0 Å². The minimum atomic E-state index is 0.224. The van der Waals surface area contributed by atoms with Crippen molar-refractivity contribution in [2.75, 3.05) is 19.6 Å². The number of rotatable bonds is 4. The molecule has 4 rings (SSSR count). The van der Waals surface area contributed by atoms with Crippen molar-refractivity contribution in [3.05, 3.63) is 36.0 Å². The maximum atomic E-state index is 12.9. The van der Waals surface area contributed by atoms with Gasteiger partial charge < -0.3 is 15.2 Å². The molecule has 2 saturated heterocycles. The number of hydrogen-bond acceptors (Lipinski definition) is 2. The van der Waals surface area contributed by atoms with Crippen LogP contribution in [-0.4, -0.2) is 35.4 Å². The molecule has 4 nitrogen and oxygen atoms in total. The summed E-state index contributed by atoms with van der Waals surface area (Å²) in [5.74, 6) is 1.07. The van der Waals surface area contributed by atoms with Gasteiger partial charge in [0.1, 0.15) is 0 Å². The Morgan fingerprint density at radius 1 is 1.12 bits per heavy atom. The monoisotopic (exact) mass is 339 g/mol. The van der Waals surface area contributed by atoms with E-state index in [1.165, 1.54) is 35.9 Å². The van der Waals surface area contributed by atoms with Gasteiger partial charge in [-0.2, -0.15) is 0 Å². The number of carbonyl (C=O) groups is 1. The van der Waals surface area contributed by atoms with Gasteiger partial charge in [-0.15, -0.1) is 0 Å². The Hall–Kier alpha value is -1.81. The number of amides is 1. The van der Waals surface area contributed by atoms with Crippen LogP contribution in [0.2, 0.25) is 0 Å². The lowest BCUT2D eigenvalue weighted by Crippen LogP contribution is -2.39.